The molecule has 1 heterocycles. The van der Waals surface area contributed by atoms with Crippen LogP contribution in [0.4, 0.5) is 0 Å². The lowest BCUT2D eigenvalue weighted by atomic mass is 10.1. The van der Waals surface area contributed by atoms with E-state index in [9.17, 15) is 4.79 Å². The van der Waals surface area contributed by atoms with Gasteiger partial charge in [0.1, 0.15) is 0 Å². The van der Waals surface area contributed by atoms with E-state index in [1.165, 1.54) is 0 Å². The van der Waals surface area contributed by atoms with E-state index in [1.54, 1.807) is 0 Å². The van der Waals surface area contributed by atoms with Crippen molar-refractivity contribution in [2.45, 2.75) is 6.42 Å². The van der Waals surface area contributed by atoms with Crippen molar-refractivity contribution in [3.05, 3.63) is 35.0 Å². The van der Waals surface area contributed by atoms with E-state index >= 15 is 0 Å². The third-order valence-corrected chi connectivity index (χ3v) is 2.93. The van der Waals surface area contributed by atoms with Gasteiger partial charge in [0.2, 0.25) is 0 Å². The number of ketones is 1. The zero-order chi connectivity index (χ0) is 11.7. The van der Waals surface area contributed by atoms with Gasteiger partial charge in [0.15, 0.2) is 5.78 Å². The third-order valence-electron chi connectivity index (χ3n) is 2.62. The minimum atomic E-state index is 0.0611. The van der Waals surface area contributed by atoms with Crippen molar-refractivity contribution in [2.24, 2.45) is 12.8 Å². The first-order chi connectivity index (χ1) is 7.65. The molecule has 0 aliphatic carbocycles. The maximum absolute atomic E-state index is 11.9. The Kier molecular flexibility index (Phi) is 2.99. The van der Waals surface area contributed by atoms with Crippen LogP contribution >= 0.6 is 11.6 Å². The van der Waals surface area contributed by atoms with Gasteiger partial charge in [-0.15, -0.1) is 0 Å². The molecule has 0 aliphatic rings. The largest absolute Gasteiger partial charge is 0.348 e. The molecule has 0 saturated heterocycles. The molecule has 84 valence electrons. The molecule has 0 bridgehead atoms. The highest BCUT2D eigenvalue weighted by Gasteiger charge is 2.13. The van der Waals surface area contributed by atoms with Crippen LogP contribution in [0.15, 0.2) is 24.4 Å². The summed E-state index contributed by atoms with van der Waals surface area (Å²) in [6.45, 7) is 0.368. The van der Waals surface area contributed by atoms with Crippen LogP contribution < -0.4 is 5.73 Å². The van der Waals surface area contributed by atoms with Gasteiger partial charge in [0.25, 0.3) is 0 Å². The van der Waals surface area contributed by atoms with E-state index in [-0.39, 0.29) is 5.78 Å². The molecule has 2 rings (SSSR count). The first-order valence-corrected chi connectivity index (χ1v) is 5.49. The lowest BCUT2D eigenvalue weighted by molar-refractivity contribution is 0.0986. The molecule has 0 radical (unpaired) electrons. The molecule has 3 nitrogen and oxygen atoms in total. The van der Waals surface area contributed by atoms with Crippen molar-refractivity contribution < 1.29 is 4.79 Å². The normalized spacial score (nSPS) is 10.9. The second-order valence-corrected chi connectivity index (χ2v) is 4.16. The second-order valence-electron chi connectivity index (χ2n) is 3.75. The number of nitrogens with zero attached hydrogens (tertiary/aromatic N) is 1. The number of nitrogens with two attached hydrogens (primary N) is 1. The van der Waals surface area contributed by atoms with E-state index in [0.29, 0.717) is 23.6 Å². The predicted octanol–water partition coefficient (Wildman–Crippen LogP) is 2.36. The quantitative estimate of drug-likeness (QED) is 0.832. The fraction of sp³-hybridized carbons (Fsp3) is 0.250. The maximum Gasteiger partial charge on any atom is 0.166 e. The standard InChI is InChI=1S/C12H13ClN2O/c1-15-7-10(13)8-3-2-4-9(12(8)15)11(16)5-6-14/h2-4,7H,5-6,14H2,1H3. The van der Waals surface area contributed by atoms with Crippen LogP contribution in [0.2, 0.25) is 5.02 Å². The van der Waals surface area contributed by atoms with Crippen LogP contribution in [0.3, 0.4) is 0 Å². The fourth-order valence-electron chi connectivity index (χ4n) is 1.91. The molecule has 0 amide bonds. The molecule has 0 fully saturated rings. The van der Waals surface area contributed by atoms with Gasteiger partial charge in [-0.25, -0.2) is 0 Å². The Bertz CT molecular complexity index is 545. The number of rotatable bonds is 3. The number of fused-ring (bicyclic) bond motifs is 1. The smallest absolute Gasteiger partial charge is 0.166 e. The number of aromatic nitrogens is 1. The molecule has 0 unspecified atom stereocenters. The number of carbonyl (C=O) groups is 1. The molecular formula is C12H13ClN2O. The summed E-state index contributed by atoms with van der Waals surface area (Å²) in [5, 5.41) is 1.58. The average Bonchev–Trinajstić information content (AvgIpc) is 2.55. The van der Waals surface area contributed by atoms with Crippen LogP contribution in [0, 0.1) is 0 Å². The Balaban J connectivity index is 2.66. The van der Waals surface area contributed by atoms with Crippen molar-refractivity contribution in [3.63, 3.8) is 0 Å². The van der Waals surface area contributed by atoms with Crippen LogP contribution in [-0.2, 0) is 7.05 Å². The second kappa shape index (κ2) is 4.28. The Morgan fingerprint density at radius 2 is 2.25 bits per heavy atom. The molecule has 2 aromatic rings. The van der Waals surface area contributed by atoms with Crippen molar-refractivity contribution in [1.29, 1.82) is 0 Å². The molecule has 0 atom stereocenters. The Morgan fingerprint density at radius 1 is 1.50 bits per heavy atom. The average molecular weight is 237 g/mol. The number of carbonyl (C=O) groups excluding carboxylic acids is 1. The SMILES string of the molecule is Cn1cc(Cl)c2cccc(C(=O)CCN)c21. The highest BCUT2D eigenvalue weighted by molar-refractivity contribution is 6.36. The summed E-state index contributed by atoms with van der Waals surface area (Å²) in [4.78, 5) is 11.9. The van der Waals surface area contributed by atoms with E-state index in [0.717, 1.165) is 10.9 Å². The maximum atomic E-state index is 11.9. The number of para-hydroxylation sites is 1. The summed E-state index contributed by atoms with van der Waals surface area (Å²) in [6, 6.07) is 5.57. The van der Waals surface area contributed by atoms with Crippen LogP contribution in [0.25, 0.3) is 10.9 Å². The summed E-state index contributed by atoms with van der Waals surface area (Å²) in [5.74, 6) is 0.0611. The van der Waals surface area contributed by atoms with Crippen LogP contribution in [0.5, 0.6) is 0 Å². The highest BCUT2D eigenvalue weighted by Crippen LogP contribution is 2.28. The van der Waals surface area contributed by atoms with E-state index in [1.807, 2.05) is 36.0 Å². The predicted molar refractivity (Wildman–Crippen MR) is 65.9 cm³/mol. The van der Waals surface area contributed by atoms with Crippen molar-refractivity contribution in [1.82, 2.24) is 4.57 Å². The molecule has 2 N–H and O–H groups in total. The van der Waals surface area contributed by atoms with Crippen molar-refractivity contribution in [2.75, 3.05) is 6.54 Å². The first kappa shape index (κ1) is 11.2. The van der Waals surface area contributed by atoms with Crippen molar-refractivity contribution in [3.8, 4) is 0 Å². The molecule has 0 spiro atoms. The van der Waals surface area contributed by atoms with E-state index in [4.69, 9.17) is 17.3 Å². The van der Waals surface area contributed by atoms with Gasteiger partial charge in [0, 0.05) is 30.6 Å². The highest BCUT2D eigenvalue weighted by atomic mass is 35.5. The monoisotopic (exact) mass is 236 g/mol. The number of aryl methyl sites for hydroxylation is 1. The summed E-state index contributed by atoms with van der Waals surface area (Å²) < 4.78 is 1.88. The Morgan fingerprint density at radius 3 is 2.94 bits per heavy atom. The molecule has 0 saturated carbocycles. The molecule has 1 aromatic heterocycles. The number of halogens is 1. The van der Waals surface area contributed by atoms with Crippen LogP contribution in [0.1, 0.15) is 16.8 Å². The van der Waals surface area contributed by atoms with Gasteiger partial charge < -0.3 is 10.3 Å². The lowest BCUT2D eigenvalue weighted by Gasteiger charge is -2.04. The molecule has 1 aromatic carbocycles. The third kappa shape index (κ3) is 1.72. The Hall–Kier alpha value is -1.32. The lowest BCUT2D eigenvalue weighted by Crippen LogP contribution is -2.09. The molecule has 16 heavy (non-hydrogen) atoms. The van der Waals surface area contributed by atoms with Gasteiger partial charge in [-0.3, -0.25) is 4.79 Å². The Labute approximate surface area is 98.8 Å². The summed E-state index contributed by atoms with van der Waals surface area (Å²) in [5.41, 5.74) is 6.97. The summed E-state index contributed by atoms with van der Waals surface area (Å²) in [6.07, 6.45) is 2.17. The zero-order valence-electron chi connectivity index (χ0n) is 9.03. The van der Waals surface area contributed by atoms with Gasteiger partial charge in [-0.05, 0) is 12.6 Å². The van der Waals surface area contributed by atoms with Gasteiger partial charge in [-0.2, -0.15) is 0 Å². The number of hydrogen-bond acceptors (Lipinski definition) is 2. The first-order valence-electron chi connectivity index (χ1n) is 5.12. The summed E-state index contributed by atoms with van der Waals surface area (Å²) in [7, 11) is 1.88. The minimum Gasteiger partial charge on any atom is -0.348 e. The fourth-order valence-corrected chi connectivity index (χ4v) is 2.21. The summed E-state index contributed by atoms with van der Waals surface area (Å²) >= 11 is 6.07. The van der Waals surface area contributed by atoms with Gasteiger partial charge >= 0.3 is 0 Å². The molecule has 0 aliphatic heterocycles. The number of benzene rings is 1. The van der Waals surface area contributed by atoms with E-state index in [2.05, 4.69) is 0 Å². The number of Topliss-reactive ketones (excluding diaryl/α,β-unsaturated/α-hetero) is 1. The zero-order valence-corrected chi connectivity index (χ0v) is 9.79. The molecule has 4 heteroatoms. The van der Waals surface area contributed by atoms with E-state index < -0.39 is 0 Å². The topological polar surface area (TPSA) is 48.0 Å². The molecular weight excluding hydrogens is 224 g/mol. The van der Waals surface area contributed by atoms with Gasteiger partial charge in [0.05, 0.1) is 10.5 Å². The number of hydrogen-bond donors (Lipinski definition) is 1. The van der Waals surface area contributed by atoms with Crippen LogP contribution in [-0.4, -0.2) is 16.9 Å². The minimum absolute atomic E-state index is 0.0611. The van der Waals surface area contributed by atoms with Crippen molar-refractivity contribution >= 4 is 28.3 Å². The van der Waals surface area contributed by atoms with Gasteiger partial charge in [-0.1, -0.05) is 23.7 Å².